The number of phosphoric acid groups is 1. The van der Waals surface area contributed by atoms with E-state index in [0.717, 1.165) is 109 Å². The Morgan fingerprint density at radius 2 is 0.848 bits per heavy atom. The highest BCUT2D eigenvalue weighted by Crippen LogP contribution is 2.47. The molecule has 0 saturated heterocycles. The zero-order valence-electron chi connectivity index (χ0n) is 40.7. The van der Waals surface area contributed by atoms with Crippen molar-refractivity contribution in [3.05, 3.63) is 85.1 Å². The Kier molecular flexibility index (Phi) is 39.7. The molecule has 0 heterocycles. The molecule has 13 heteroatoms. The van der Waals surface area contributed by atoms with Gasteiger partial charge in [0.25, 0.3) is 0 Å². The number of carbonyl (C=O) groups excluding carboxylic acids is 1. The maximum absolute atomic E-state index is 12.9. The summed E-state index contributed by atoms with van der Waals surface area (Å²) in [4.78, 5) is 23.3. The van der Waals surface area contributed by atoms with Gasteiger partial charge in [0.15, 0.2) is 0 Å². The van der Waals surface area contributed by atoms with Gasteiger partial charge in [-0.1, -0.05) is 176 Å². The fourth-order valence-corrected chi connectivity index (χ4v) is 8.27. The number of rotatable bonds is 42. The second kappa shape index (κ2) is 42.6. The first-order valence-electron chi connectivity index (χ1n) is 25.4. The molecule has 12 nitrogen and oxygen atoms in total. The van der Waals surface area contributed by atoms with Crippen LogP contribution in [0.5, 0.6) is 0 Å². The molecule has 6 unspecified atom stereocenters. The molecule has 0 spiro atoms. The average Bonchev–Trinajstić information content (AvgIpc) is 3.30. The van der Waals surface area contributed by atoms with Gasteiger partial charge in [-0.3, -0.25) is 13.8 Å². The number of hydrogen-bond acceptors (Lipinski definition) is 11. The zero-order chi connectivity index (χ0) is 48.4. The molecule has 0 radical (unpaired) electrons. The lowest BCUT2D eigenvalue weighted by Gasteiger charge is -2.41. The summed E-state index contributed by atoms with van der Waals surface area (Å²) >= 11 is 0. The van der Waals surface area contributed by atoms with Crippen molar-refractivity contribution < 1.29 is 58.3 Å². The van der Waals surface area contributed by atoms with E-state index >= 15 is 0 Å². The summed E-state index contributed by atoms with van der Waals surface area (Å²) in [5, 5.41) is 50.3. The Balaban J connectivity index is 2.36. The van der Waals surface area contributed by atoms with Crippen molar-refractivity contribution in [3.63, 3.8) is 0 Å². The van der Waals surface area contributed by atoms with E-state index < -0.39 is 63.1 Å². The Morgan fingerprint density at radius 3 is 1.29 bits per heavy atom. The Hall–Kier alpha value is -2.48. The van der Waals surface area contributed by atoms with Gasteiger partial charge in [-0.2, -0.15) is 0 Å². The van der Waals surface area contributed by atoms with Crippen LogP contribution in [-0.4, -0.2) is 98.9 Å². The molecule has 0 bridgehead atoms. The van der Waals surface area contributed by atoms with Crippen LogP contribution in [0.3, 0.4) is 0 Å². The number of carbonyl (C=O) groups is 1. The zero-order valence-corrected chi connectivity index (χ0v) is 41.6. The monoisotopic (exact) mass is 951 g/mol. The second-order valence-corrected chi connectivity index (χ2v) is 18.7. The number of esters is 1. The van der Waals surface area contributed by atoms with Gasteiger partial charge in [0.1, 0.15) is 42.7 Å². The number of allylic oxidation sites excluding steroid dienone is 14. The number of unbranched alkanes of at least 4 members (excludes halogenated alkanes) is 16. The third-order valence-electron chi connectivity index (χ3n) is 11.3. The number of hydrogen-bond donors (Lipinski definition) is 6. The summed E-state index contributed by atoms with van der Waals surface area (Å²) < 4.78 is 34.3. The van der Waals surface area contributed by atoms with Gasteiger partial charge in [0, 0.05) is 13.0 Å². The molecule has 0 aromatic rings. The highest BCUT2D eigenvalue weighted by molar-refractivity contribution is 7.47. The maximum atomic E-state index is 12.9. The highest BCUT2D eigenvalue weighted by Gasteiger charge is 2.51. The fraction of sp³-hybridized carbons (Fsp3) is 0.717. The molecule has 0 aromatic heterocycles. The molecule has 1 aliphatic carbocycles. The van der Waals surface area contributed by atoms with E-state index in [0.29, 0.717) is 13.0 Å². The summed E-state index contributed by atoms with van der Waals surface area (Å²) in [5.74, 6) is -0.491. The lowest BCUT2D eigenvalue weighted by Crippen LogP contribution is -2.64. The van der Waals surface area contributed by atoms with E-state index in [1.807, 2.05) is 0 Å². The van der Waals surface area contributed by atoms with E-state index in [1.54, 1.807) is 0 Å². The van der Waals surface area contributed by atoms with E-state index in [4.69, 9.17) is 18.5 Å². The lowest BCUT2D eigenvalue weighted by molar-refractivity contribution is -0.220. The number of aliphatic hydroxyl groups is 5. The third kappa shape index (κ3) is 33.9. The fourth-order valence-electron chi connectivity index (χ4n) is 7.30. The molecule has 6 atom stereocenters. The quantitative estimate of drug-likeness (QED) is 0.0147. The maximum Gasteiger partial charge on any atom is 0.472 e. The molecule has 1 rings (SSSR count). The van der Waals surface area contributed by atoms with E-state index in [2.05, 4.69) is 98.9 Å². The number of aliphatic hydroxyl groups excluding tert-OH is 5. The molecule has 1 aliphatic rings. The molecule has 0 amide bonds. The Morgan fingerprint density at radius 1 is 0.485 bits per heavy atom. The largest absolute Gasteiger partial charge is 0.472 e. The van der Waals surface area contributed by atoms with Crippen LogP contribution in [-0.2, 0) is 27.9 Å². The van der Waals surface area contributed by atoms with Crippen LogP contribution in [0.15, 0.2) is 85.1 Å². The smallest absolute Gasteiger partial charge is 0.457 e. The summed E-state index contributed by atoms with van der Waals surface area (Å²) in [7, 11) is -5.03. The first-order valence-corrected chi connectivity index (χ1v) is 26.9. The molecule has 6 N–H and O–H groups in total. The van der Waals surface area contributed by atoms with Crippen molar-refractivity contribution in [1.82, 2.24) is 0 Å². The predicted molar refractivity (Wildman–Crippen MR) is 267 cm³/mol. The van der Waals surface area contributed by atoms with Gasteiger partial charge in [0.05, 0.1) is 13.2 Å². The van der Waals surface area contributed by atoms with Gasteiger partial charge in [-0.15, -0.1) is 0 Å². The molecule has 1 saturated carbocycles. The number of ether oxygens (including phenoxy) is 2. The van der Waals surface area contributed by atoms with Crippen LogP contribution in [0, 0.1) is 0 Å². The molecule has 66 heavy (non-hydrogen) atoms. The van der Waals surface area contributed by atoms with Crippen molar-refractivity contribution in [1.29, 1.82) is 0 Å². The third-order valence-corrected chi connectivity index (χ3v) is 12.2. The summed E-state index contributed by atoms with van der Waals surface area (Å²) in [6, 6.07) is 0. The normalized spacial score (nSPS) is 22.1. The predicted octanol–water partition coefficient (Wildman–Crippen LogP) is 11.3. The molecular weight excluding hydrogens is 860 g/mol. The number of phosphoric ester groups is 1. The minimum absolute atomic E-state index is 0.0899. The van der Waals surface area contributed by atoms with E-state index in [9.17, 15) is 39.8 Å². The van der Waals surface area contributed by atoms with Crippen molar-refractivity contribution >= 4 is 13.8 Å². The van der Waals surface area contributed by atoms with Crippen LogP contribution in [0.25, 0.3) is 0 Å². The van der Waals surface area contributed by atoms with Gasteiger partial charge < -0.3 is 39.9 Å². The van der Waals surface area contributed by atoms with Crippen molar-refractivity contribution in [2.45, 2.75) is 224 Å². The highest BCUT2D eigenvalue weighted by atomic mass is 31.2. The molecule has 0 aromatic carbocycles. The Bertz CT molecular complexity index is 1410. The average molecular weight is 951 g/mol. The van der Waals surface area contributed by atoms with Crippen molar-refractivity contribution in [3.8, 4) is 0 Å². The van der Waals surface area contributed by atoms with Crippen LogP contribution in [0.1, 0.15) is 181 Å². The van der Waals surface area contributed by atoms with Gasteiger partial charge in [0.2, 0.25) is 0 Å². The van der Waals surface area contributed by atoms with Crippen molar-refractivity contribution in [2.75, 3.05) is 19.8 Å². The molecule has 380 valence electrons. The summed E-state index contributed by atoms with van der Waals surface area (Å²) in [6.07, 6.45) is 45.0. The Labute approximate surface area is 399 Å². The van der Waals surface area contributed by atoms with Gasteiger partial charge >= 0.3 is 13.8 Å². The standard InChI is InChI=1S/C53H91O12P/c1-3-5-7-9-11-13-15-17-19-21-23-24-25-26-28-30-32-34-36-38-40-42-47(54)64-46(45-63-66(60,61)65-53-51(58)49(56)48(55)50(57)52(53)59)44-62-43-41-39-37-35-33-31-29-27-22-20-18-16-14-12-10-8-6-4-2/h5-8,11-14,17-20,23-24,46,48-53,55-59H,3-4,9-10,15-16,21-22,25-45H2,1-2H3,(H,60,61)/b7-5-,8-6-,13-11-,14-12-,19-17-,20-18-,24-23-. The first kappa shape index (κ1) is 61.5. The lowest BCUT2D eigenvalue weighted by atomic mass is 9.85. The molecular formula is C53H91O12P. The summed E-state index contributed by atoms with van der Waals surface area (Å²) in [5.41, 5.74) is 0. The van der Waals surface area contributed by atoms with E-state index in [-0.39, 0.29) is 13.0 Å². The second-order valence-electron chi connectivity index (χ2n) is 17.3. The van der Waals surface area contributed by atoms with Gasteiger partial charge in [-0.25, -0.2) is 4.57 Å². The van der Waals surface area contributed by atoms with E-state index in [1.165, 1.54) is 44.9 Å². The van der Waals surface area contributed by atoms with Gasteiger partial charge in [-0.05, 0) is 83.5 Å². The minimum Gasteiger partial charge on any atom is -0.457 e. The van der Waals surface area contributed by atoms with Crippen LogP contribution in [0.2, 0.25) is 0 Å². The molecule has 0 aliphatic heterocycles. The first-order chi connectivity index (χ1) is 32.0. The van der Waals surface area contributed by atoms with Crippen LogP contribution in [0.4, 0.5) is 0 Å². The topological polar surface area (TPSA) is 192 Å². The molecule has 1 fully saturated rings. The van der Waals surface area contributed by atoms with Crippen LogP contribution < -0.4 is 0 Å². The van der Waals surface area contributed by atoms with Crippen LogP contribution >= 0.6 is 7.82 Å². The minimum atomic E-state index is -5.03. The summed E-state index contributed by atoms with van der Waals surface area (Å²) in [6.45, 7) is 4.01. The van der Waals surface area contributed by atoms with Crippen molar-refractivity contribution in [2.24, 2.45) is 0 Å². The SMILES string of the molecule is CC/C=C\C/C=C\C/C=C\C/C=C\CCCCCCCCCCC(=O)OC(COCCCCCCCCCC/C=C\C/C=C\C/C=C\CC)COP(=O)(O)OC1C(O)C(O)C(O)C(O)C1O.